The molecule has 1 atom stereocenters. The Labute approximate surface area is 203 Å². The van der Waals surface area contributed by atoms with Crippen LogP contribution in [-0.4, -0.2) is 32.8 Å². The molecule has 0 spiro atoms. The Balaban J connectivity index is 1.95. The summed E-state index contributed by atoms with van der Waals surface area (Å²) in [5.41, 5.74) is 5.80. The van der Waals surface area contributed by atoms with Crippen molar-refractivity contribution in [2.75, 3.05) is 6.54 Å². The van der Waals surface area contributed by atoms with E-state index in [1.165, 1.54) is 0 Å². The first-order valence-corrected chi connectivity index (χ1v) is 13.1. The predicted octanol–water partition coefficient (Wildman–Crippen LogP) is 3.74. The summed E-state index contributed by atoms with van der Waals surface area (Å²) in [6.45, 7) is 13.7. The number of benzene rings is 2. The minimum Gasteiger partial charge on any atom is -0.352 e. The van der Waals surface area contributed by atoms with E-state index in [1.807, 2.05) is 54.5 Å². The SMILES string of the molecule is CCC(C)NC(=O)c1cccc(CNC(=O)CCNS(=O)(=O)c2c(C)c(C)c(C)c(C)c2C)c1. The Kier molecular flexibility index (Phi) is 9.41. The molecule has 8 heteroatoms. The van der Waals surface area contributed by atoms with Crippen LogP contribution in [-0.2, 0) is 21.4 Å². The fourth-order valence-corrected chi connectivity index (χ4v) is 5.39. The number of hydrogen-bond donors (Lipinski definition) is 3. The fraction of sp³-hybridized carbons (Fsp3) is 0.462. The lowest BCUT2D eigenvalue weighted by Crippen LogP contribution is -2.32. The summed E-state index contributed by atoms with van der Waals surface area (Å²) in [5, 5.41) is 5.71. The Morgan fingerprint density at radius 1 is 0.941 bits per heavy atom. The lowest BCUT2D eigenvalue weighted by Gasteiger charge is -2.19. The van der Waals surface area contributed by atoms with Gasteiger partial charge in [0.1, 0.15) is 0 Å². The molecule has 7 nitrogen and oxygen atoms in total. The van der Waals surface area contributed by atoms with Gasteiger partial charge in [0.25, 0.3) is 5.91 Å². The number of sulfonamides is 1. The molecule has 0 aliphatic rings. The van der Waals surface area contributed by atoms with Crippen LogP contribution >= 0.6 is 0 Å². The molecule has 1 unspecified atom stereocenters. The zero-order chi connectivity index (χ0) is 25.6. The molecule has 0 aromatic heterocycles. The number of carbonyl (C=O) groups excluding carboxylic acids is 2. The third-order valence-corrected chi connectivity index (χ3v) is 8.25. The van der Waals surface area contributed by atoms with Crippen LogP contribution in [0, 0.1) is 34.6 Å². The molecule has 2 aromatic rings. The van der Waals surface area contributed by atoms with Gasteiger partial charge in [0.2, 0.25) is 15.9 Å². The van der Waals surface area contributed by atoms with Crippen molar-refractivity contribution < 1.29 is 18.0 Å². The Hall–Kier alpha value is -2.71. The average Bonchev–Trinajstić information content (AvgIpc) is 2.80. The van der Waals surface area contributed by atoms with Gasteiger partial charge in [-0.05, 0) is 93.5 Å². The summed E-state index contributed by atoms with van der Waals surface area (Å²) in [6.07, 6.45) is 0.850. The van der Waals surface area contributed by atoms with Gasteiger partial charge in [0, 0.05) is 31.1 Å². The highest BCUT2D eigenvalue weighted by atomic mass is 32.2. The van der Waals surface area contributed by atoms with Crippen LogP contribution < -0.4 is 15.4 Å². The summed E-state index contributed by atoms with van der Waals surface area (Å²) in [4.78, 5) is 24.9. The maximum Gasteiger partial charge on any atom is 0.251 e. The lowest BCUT2D eigenvalue weighted by molar-refractivity contribution is -0.121. The van der Waals surface area contributed by atoms with Crippen LogP contribution in [0.3, 0.4) is 0 Å². The van der Waals surface area contributed by atoms with Gasteiger partial charge in [-0.15, -0.1) is 0 Å². The summed E-state index contributed by atoms with van der Waals surface area (Å²) in [6, 6.07) is 7.17. The normalized spacial score (nSPS) is 12.3. The van der Waals surface area contributed by atoms with Crippen LogP contribution in [0.5, 0.6) is 0 Å². The average molecular weight is 488 g/mol. The maximum atomic E-state index is 13.0. The molecule has 2 aromatic carbocycles. The fourth-order valence-electron chi connectivity index (χ4n) is 3.76. The van der Waals surface area contributed by atoms with E-state index in [0.29, 0.717) is 10.5 Å². The van der Waals surface area contributed by atoms with E-state index in [4.69, 9.17) is 0 Å². The predicted molar refractivity (Wildman–Crippen MR) is 135 cm³/mol. The molecule has 0 radical (unpaired) electrons. The van der Waals surface area contributed by atoms with Gasteiger partial charge < -0.3 is 10.6 Å². The zero-order valence-electron chi connectivity index (χ0n) is 21.3. The van der Waals surface area contributed by atoms with Gasteiger partial charge in [-0.1, -0.05) is 19.1 Å². The maximum absolute atomic E-state index is 13.0. The smallest absolute Gasteiger partial charge is 0.251 e. The molecule has 34 heavy (non-hydrogen) atoms. The second kappa shape index (κ2) is 11.6. The van der Waals surface area contributed by atoms with Crippen LogP contribution in [0.2, 0.25) is 0 Å². The second-order valence-corrected chi connectivity index (χ2v) is 10.6. The van der Waals surface area contributed by atoms with E-state index in [2.05, 4.69) is 15.4 Å². The largest absolute Gasteiger partial charge is 0.352 e. The number of rotatable bonds is 10. The molecule has 2 rings (SSSR count). The molecule has 186 valence electrons. The first kappa shape index (κ1) is 27.5. The standard InChI is InChI=1S/C26H37N3O4S/c1-8-16(2)29-26(31)23-11-9-10-22(14-23)15-27-24(30)12-13-28-34(32,33)25-20(6)18(4)17(3)19(5)21(25)7/h9-11,14,16,28H,8,12-13,15H2,1-7H3,(H,27,30)(H,29,31). The van der Waals surface area contributed by atoms with Crippen LogP contribution in [0.25, 0.3) is 0 Å². The minimum atomic E-state index is -3.75. The van der Waals surface area contributed by atoms with E-state index in [-0.39, 0.29) is 37.4 Å². The van der Waals surface area contributed by atoms with Gasteiger partial charge in [-0.2, -0.15) is 0 Å². The van der Waals surface area contributed by atoms with Gasteiger partial charge in [-0.3, -0.25) is 9.59 Å². The lowest BCUT2D eigenvalue weighted by atomic mass is 9.95. The second-order valence-electron chi connectivity index (χ2n) is 8.86. The molecular weight excluding hydrogens is 450 g/mol. The Bertz CT molecular complexity index is 1140. The molecule has 0 fully saturated rings. The molecule has 0 aliphatic carbocycles. The molecule has 0 bridgehead atoms. The Morgan fingerprint density at radius 2 is 1.53 bits per heavy atom. The van der Waals surface area contributed by atoms with Crippen molar-refractivity contribution in [1.29, 1.82) is 0 Å². The molecule has 2 amide bonds. The number of nitrogens with one attached hydrogen (secondary N) is 3. The minimum absolute atomic E-state index is 0.00360. The van der Waals surface area contributed by atoms with Crippen molar-refractivity contribution in [3.8, 4) is 0 Å². The highest BCUT2D eigenvalue weighted by Gasteiger charge is 2.23. The van der Waals surface area contributed by atoms with Crippen molar-refractivity contribution in [2.24, 2.45) is 0 Å². The van der Waals surface area contributed by atoms with E-state index in [1.54, 1.807) is 18.2 Å². The molecule has 3 N–H and O–H groups in total. The Morgan fingerprint density at radius 3 is 2.12 bits per heavy atom. The van der Waals surface area contributed by atoms with E-state index < -0.39 is 10.0 Å². The monoisotopic (exact) mass is 487 g/mol. The molecule has 0 aliphatic heterocycles. The first-order chi connectivity index (χ1) is 15.9. The van der Waals surface area contributed by atoms with Crippen LogP contribution in [0.15, 0.2) is 29.2 Å². The van der Waals surface area contributed by atoms with E-state index >= 15 is 0 Å². The molecule has 0 saturated carbocycles. The van der Waals surface area contributed by atoms with Gasteiger partial charge in [-0.25, -0.2) is 13.1 Å². The van der Waals surface area contributed by atoms with Gasteiger partial charge in [0.15, 0.2) is 0 Å². The van der Waals surface area contributed by atoms with Crippen molar-refractivity contribution in [2.45, 2.75) is 78.8 Å². The highest BCUT2D eigenvalue weighted by Crippen LogP contribution is 2.29. The van der Waals surface area contributed by atoms with Crippen LogP contribution in [0.1, 0.15) is 70.4 Å². The van der Waals surface area contributed by atoms with Gasteiger partial charge in [0.05, 0.1) is 4.90 Å². The molecule has 0 saturated heterocycles. The van der Waals surface area contributed by atoms with Gasteiger partial charge >= 0.3 is 0 Å². The first-order valence-electron chi connectivity index (χ1n) is 11.6. The third-order valence-electron chi connectivity index (χ3n) is 6.51. The summed E-state index contributed by atoms with van der Waals surface area (Å²) < 4.78 is 28.5. The van der Waals surface area contributed by atoms with E-state index in [9.17, 15) is 18.0 Å². The topological polar surface area (TPSA) is 104 Å². The van der Waals surface area contributed by atoms with Crippen LogP contribution in [0.4, 0.5) is 0 Å². The number of amides is 2. The summed E-state index contributed by atoms with van der Waals surface area (Å²) >= 11 is 0. The molecule has 0 heterocycles. The van der Waals surface area contributed by atoms with Crippen molar-refractivity contribution in [3.05, 3.63) is 63.2 Å². The zero-order valence-corrected chi connectivity index (χ0v) is 22.1. The summed E-state index contributed by atoms with van der Waals surface area (Å²) in [7, 11) is -3.75. The van der Waals surface area contributed by atoms with Crippen molar-refractivity contribution in [1.82, 2.24) is 15.4 Å². The highest BCUT2D eigenvalue weighted by molar-refractivity contribution is 7.89. The quantitative estimate of drug-likeness (QED) is 0.475. The van der Waals surface area contributed by atoms with E-state index in [0.717, 1.165) is 39.8 Å². The number of carbonyl (C=O) groups is 2. The number of hydrogen-bond acceptors (Lipinski definition) is 4. The van der Waals surface area contributed by atoms with Crippen molar-refractivity contribution >= 4 is 21.8 Å². The third kappa shape index (κ3) is 6.67. The molecular formula is C26H37N3O4S. The van der Waals surface area contributed by atoms with Crippen molar-refractivity contribution in [3.63, 3.8) is 0 Å². The summed E-state index contributed by atoms with van der Waals surface area (Å²) in [5.74, 6) is -0.425.